The van der Waals surface area contributed by atoms with Gasteiger partial charge in [0.2, 0.25) is 0 Å². The summed E-state index contributed by atoms with van der Waals surface area (Å²) in [5, 5.41) is 2.79. The van der Waals surface area contributed by atoms with Gasteiger partial charge in [-0.1, -0.05) is 40.0 Å². The molecule has 0 spiro atoms. The van der Waals surface area contributed by atoms with Gasteiger partial charge >= 0.3 is 5.97 Å². The van der Waals surface area contributed by atoms with Gasteiger partial charge in [0.15, 0.2) is 17.5 Å². The fraction of sp³-hybridized carbons (Fsp3) is 0.609. The lowest BCUT2D eigenvalue weighted by Crippen LogP contribution is -2.17. The molecule has 0 heterocycles. The summed E-state index contributed by atoms with van der Waals surface area (Å²) in [6.45, 7) is 4.41. The van der Waals surface area contributed by atoms with Gasteiger partial charge < -0.3 is 14.8 Å². The van der Waals surface area contributed by atoms with Gasteiger partial charge in [-0.05, 0) is 17.9 Å². The first-order valence-electron chi connectivity index (χ1n) is 10.7. The van der Waals surface area contributed by atoms with Gasteiger partial charge in [0.25, 0.3) is 6.08 Å². The third-order valence-corrected chi connectivity index (χ3v) is 5.96. The van der Waals surface area contributed by atoms with E-state index < -0.39 is 71.1 Å². The Labute approximate surface area is 185 Å². The second-order valence-electron chi connectivity index (χ2n) is 8.58. The first-order chi connectivity index (χ1) is 15.1. The van der Waals surface area contributed by atoms with Gasteiger partial charge in [-0.3, -0.25) is 4.79 Å². The number of rotatable bonds is 12. The van der Waals surface area contributed by atoms with Crippen LogP contribution in [0, 0.1) is 34.7 Å². The normalized spacial score (nSPS) is 18.9. The predicted octanol–water partition coefficient (Wildman–Crippen LogP) is 6.34. The summed E-state index contributed by atoms with van der Waals surface area (Å²) >= 11 is 0. The van der Waals surface area contributed by atoms with Gasteiger partial charge in [-0.15, -0.1) is 0 Å². The molecule has 1 saturated carbocycles. The Hall–Kier alpha value is -2.16. The van der Waals surface area contributed by atoms with Crippen LogP contribution in [0.2, 0.25) is 0 Å². The average molecular weight is 463 g/mol. The second kappa shape index (κ2) is 11.1. The fourth-order valence-electron chi connectivity index (χ4n) is 3.92. The van der Waals surface area contributed by atoms with Crippen molar-refractivity contribution in [3.63, 3.8) is 0 Å². The molecule has 0 aromatic heterocycles. The van der Waals surface area contributed by atoms with E-state index in [9.17, 15) is 26.7 Å². The van der Waals surface area contributed by atoms with Gasteiger partial charge in [-0.25, -0.2) is 13.2 Å². The Bertz CT molecular complexity index is 853. The number of ether oxygens (including phenoxy) is 2. The molecular formula is C23H30F5NO3. The van der Waals surface area contributed by atoms with Crippen LogP contribution in [-0.4, -0.2) is 19.6 Å². The number of halogens is 5. The summed E-state index contributed by atoms with van der Waals surface area (Å²) in [6.07, 6.45) is 2.32. The summed E-state index contributed by atoms with van der Waals surface area (Å²) < 4.78 is 79.3. The molecule has 32 heavy (non-hydrogen) atoms. The van der Waals surface area contributed by atoms with E-state index in [1.807, 2.05) is 6.92 Å². The van der Waals surface area contributed by atoms with Crippen LogP contribution in [0.15, 0.2) is 12.2 Å². The zero-order valence-electron chi connectivity index (χ0n) is 18.8. The number of allylic oxidation sites excluding steroid dienone is 1. The van der Waals surface area contributed by atoms with Crippen LogP contribution >= 0.6 is 0 Å². The maximum Gasteiger partial charge on any atom is 0.310 e. The van der Waals surface area contributed by atoms with Crippen molar-refractivity contribution in [1.29, 1.82) is 0 Å². The minimum Gasteiger partial charge on any atom is -0.460 e. The summed E-state index contributed by atoms with van der Waals surface area (Å²) in [4.78, 5) is 12.4. The first kappa shape index (κ1) is 26.1. The third-order valence-electron chi connectivity index (χ3n) is 5.96. The molecule has 1 aromatic carbocycles. The molecule has 4 nitrogen and oxygen atoms in total. The van der Waals surface area contributed by atoms with E-state index in [0.29, 0.717) is 19.0 Å². The molecule has 1 aromatic rings. The zero-order valence-corrected chi connectivity index (χ0v) is 18.8. The minimum atomic E-state index is -1.91. The molecule has 0 amide bonds. The van der Waals surface area contributed by atoms with Crippen molar-refractivity contribution in [3.05, 3.63) is 40.7 Å². The standard InChI is InChI=1S/C23H30F5NO3/c1-5-6-7-8-9-29-21-14(19(27)18(26)13(11-31-4)20(21)28)12-32-22(30)17-15(10-16(24)25)23(17,2)3/h10,15,17,29H,5-9,11-12H2,1-4H3/t15-,17+/m1/s1. The number of nitrogens with one attached hydrogen (secondary N) is 1. The SMILES string of the molecule is CCCCCCNc1c(F)c(COC)c(F)c(F)c1COC(=O)[C@@H]1[C@@H](C=C(F)F)C1(C)C. The van der Waals surface area contributed by atoms with Gasteiger partial charge in [0.1, 0.15) is 6.61 Å². The summed E-state index contributed by atoms with van der Waals surface area (Å²) in [5.41, 5.74) is -2.08. The molecular weight excluding hydrogens is 433 g/mol. The van der Waals surface area contributed by atoms with E-state index in [1.165, 1.54) is 7.11 Å². The van der Waals surface area contributed by atoms with E-state index in [2.05, 4.69) is 5.32 Å². The monoisotopic (exact) mass is 463 g/mol. The predicted molar refractivity (Wildman–Crippen MR) is 111 cm³/mol. The van der Waals surface area contributed by atoms with Crippen LogP contribution in [0.3, 0.4) is 0 Å². The van der Waals surface area contributed by atoms with Crippen LogP contribution in [0.1, 0.15) is 57.6 Å². The maximum absolute atomic E-state index is 15.0. The molecule has 1 N–H and O–H groups in total. The highest BCUT2D eigenvalue weighted by atomic mass is 19.3. The molecule has 2 atom stereocenters. The summed E-state index contributed by atoms with van der Waals surface area (Å²) in [7, 11) is 1.23. The van der Waals surface area contributed by atoms with Gasteiger partial charge in [0, 0.05) is 19.6 Å². The van der Waals surface area contributed by atoms with Crippen molar-refractivity contribution in [2.75, 3.05) is 19.0 Å². The van der Waals surface area contributed by atoms with E-state index in [-0.39, 0.29) is 5.69 Å². The zero-order chi connectivity index (χ0) is 24.1. The highest BCUT2D eigenvalue weighted by Crippen LogP contribution is 2.60. The lowest BCUT2D eigenvalue weighted by atomic mass is 10.1. The quantitative estimate of drug-likeness (QED) is 0.170. The van der Waals surface area contributed by atoms with E-state index in [0.717, 1.165) is 19.3 Å². The Kier molecular flexibility index (Phi) is 9.07. The van der Waals surface area contributed by atoms with Crippen molar-refractivity contribution >= 4 is 11.7 Å². The summed E-state index contributed by atoms with van der Waals surface area (Å²) in [5.74, 6) is -6.17. The Balaban J connectivity index is 2.23. The van der Waals surface area contributed by atoms with Crippen LogP contribution in [0.5, 0.6) is 0 Å². The molecule has 0 saturated heterocycles. The third kappa shape index (κ3) is 5.79. The van der Waals surface area contributed by atoms with Crippen molar-refractivity contribution in [2.24, 2.45) is 17.3 Å². The van der Waals surface area contributed by atoms with Crippen LogP contribution in [-0.2, 0) is 27.5 Å². The number of unbranched alkanes of at least 4 members (excludes halogenated alkanes) is 3. The highest BCUT2D eigenvalue weighted by Gasteiger charge is 2.62. The summed E-state index contributed by atoms with van der Waals surface area (Å²) in [6, 6.07) is 0. The largest absolute Gasteiger partial charge is 0.460 e. The van der Waals surface area contributed by atoms with Crippen molar-refractivity contribution in [1.82, 2.24) is 0 Å². The van der Waals surface area contributed by atoms with Crippen molar-refractivity contribution < 1.29 is 36.2 Å². The second-order valence-corrected chi connectivity index (χ2v) is 8.58. The first-order valence-corrected chi connectivity index (χ1v) is 10.7. The Morgan fingerprint density at radius 1 is 1.03 bits per heavy atom. The van der Waals surface area contributed by atoms with E-state index >= 15 is 0 Å². The highest BCUT2D eigenvalue weighted by molar-refractivity contribution is 5.78. The molecule has 0 unspecified atom stereocenters. The lowest BCUT2D eigenvalue weighted by Gasteiger charge is -2.18. The van der Waals surface area contributed by atoms with E-state index in [1.54, 1.807) is 13.8 Å². The Morgan fingerprint density at radius 2 is 1.69 bits per heavy atom. The maximum atomic E-state index is 15.0. The minimum absolute atomic E-state index is 0.290. The fourth-order valence-corrected chi connectivity index (χ4v) is 3.92. The topological polar surface area (TPSA) is 47.6 Å². The molecule has 2 rings (SSSR count). The number of carbonyl (C=O) groups excluding carboxylic acids is 1. The number of carbonyl (C=O) groups is 1. The van der Waals surface area contributed by atoms with Gasteiger partial charge in [0.05, 0.1) is 29.3 Å². The van der Waals surface area contributed by atoms with Crippen LogP contribution < -0.4 is 5.32 Å². The number of hydrogen-bond donors (Lipinski definition) is 1. The van der Waals surface area contributed by atoms with Gasteiger partial charge in [-0.2, -0.15) is 8.78 Å². The lowest BCUT2D eigenvalue weighted by molar-refractivity contribution is -0.147. The molecule has 1 aliphatic rings. The van der Waals surface area contributed by atoms with Crippen molar-refractivity contribution in [3.8, 4) is 0 Å². The smallest absolute Gasteiger partial charge is 0.310 e. The number of esters is 1. The molecule has 0 bridgehead atoms. The van der Waals surface area contributed by atoms with Crippen molar-refractivity contribution in [2.45, 2.75) is 59.7 Å². The average Bonchev–Trinajstić information content (AvgIpc) is 3.26. The molecule has 0 aliphatic heterocycles. The molecule has 9 heteroatoms. The number of benzene rings is 1. The molecule has 0 radical (unpaired) electrons. The molecule has 1 fully saturated rings. The molecule has 1 aliphatic carbocycles. The number of methoxy groups -OCH3 is 1. The van der Waals surface area contributed by atoms with Crippen LogP contribution in [0.25, 0.3) is 0 Å². The van der Waals surface area contributed by atoms with Crippen LogP contribution in [0.4, 0.5) is 27.6 Å². The Morgan fingerprint density at radius 3 is 2.28 bits per heavy atom. The number of hydrogen-bond acceptors (Lipinski definition) is 4. The number of anilines is 1. The van der Waals surface area contributed by atoms with E-state index in [4.69, 9.17) is 9.47 Å². The molecule has 180 valence electrons.